The van der Waals surface area contributed by atoms with E-state index in [4.69, 9.17) is 0 Å². The first-order valence-corrected chi connectivity index (χ1v) is 4.21. The van der Waals surface area contributed by atoms with E-state index in [1.807, 2.05) is 18.5 Å². The Morgan fingerprint density at radius 2 is 2.33 bits per heavy atom. The highest BCUT2D eigenvalue weighted by Gasteiger charge is 2.05. The van der Waals surface area contributed by atoms with Crippen LogP contribution in [0.1, 0.15) is 26.8 Å². The maximum absolute atomic E-state index is 4.23. The second-order valence-corrected chi connectivity index (χ2v) is 3.30. The van der Waals surface area contributed by atoms with E-state index in [9.17, 15) is 0 Å². The van der Waals surface area contributed by atoms with Gasteiger partial charge in [0.15, 0.2) is 0 Å². The van der Waals surface area contributed by atoms with Crippen LogP contribution in [0, 0.1) is 0 Å². The van der Waals surface area contributed by atoms with E-state index in [0.29, 0.717) is 5.92 Å². The number of hydrogen-bond donors (Lipinski definition) is 1. The molecule has 0 atom stereocenters. The molecule has 0 fully saturated rings. The Balaban J connectivity index is 0.000000845. The molecule has 0 unspecified atom stereocenters. The summed E-state index contributed by atoms with van der Waals surface area (Å²) in [5, 5.41) is 1.24. The van der Waals surface area contributed by atoms with E-state index in [-0.39, 0.29) is 1.43 Å². The van der Waals surface area contributed by atoms with Gasteiger partial charge in [-0.2, -0.15) is 0 Å². The number of nitrogens with zero attached hydrogens (tertiary/aromatic N) is 1. The average Bonchev–Trinajstić information content (AvgIpc) is 2.47. The molecule has 0 aliphatic carbocycles. The molecule has 2 rings (SSSR count). The fraction of sp³-hybridized carbons (Fsp3) is 0.300. The molecule has 2 heterocycles. The van der Waals surface area contributed by atoms with Crippen LogP contribution in [-0.2, 0) is 0 Å². The fourth-order valence-electron chi connectivity index (χ4n) is 1.45. The molecule has 0 saturated heterocycles. The summed E-state index contributed by atoms with van der Waals surface area (Å²) in [5.74, 6) is 0.558. The van der Waals surface area contributed by atoms with Gasteiger partial charge in [-0.3, -0.25) is 0 Å². The summed E-state index contributed by atoms with van der Waals surface area (Å²) in [7, 11) is 0. The highest BCUT2D eigenvalue weighted by Crippen LogP contribution is 2.22. The van der Waals surface area contributed by atoms with Crippen molar-refractivity contribution in [3.8, 4) is 0 Å². The molecule has 0 aromatic carbocycles. The summed E-state index contributed by atoms with van der Waals surface area (Å²) >= 11 is 0. The normalized spacial score (nSPS) is 11.2. The molecule has 2 aromatic rings. The van der Waals surface area contributed by atoms with Crippen molar-refractivity contribution in [3.05, 3.63) is 30.1 Å². The van der Waals surface area contributed by atoms with Gasteiger partial charge in [0.2, 0.25) is 0 Å². The molecule has 0 amide bonds. The summed E-state index contributed by atoms with van der Waals surface area (Å²) in [4.78, 5) is 7.39. The topological polar surface area (TPSA) is 28.7 Å². The maximum Gasteiger partial charge on any atom is 0.137 e. The average molecular weight is 162 g/mol. The minimum Gasteiger partial charge on any atom is -0.346 e. The van der Waals surface area contributed by atoms with Crippen LogP contribution in [0.25, 0.3) is 11.0 Å². The first-order valence-electron chi connectivity index (χ1n) is 4.21. The van der Waals surface area contributed by atoms with Crippen molar-refractivity contribution in [2.75, 3.05) is 0 Å². The van der Waals surface area contributed by atoms with E-state index >= 15 is 0 Å². The monoisotopic (exact) mass is 162 g/mol. The van der Waals surface area contributed by atoms with Crippen LogP contribution in [-0.4, -0.2) is 9.97 Å². The van der Waals surface area contributed by atoms with Crippen molar-refractivity contribution >= 4 is 11.0 Å². The Morgan fingerprint density at radius 3 is 3.08 bits per heavy atom. The van der Waals surface area contributed by atoms with Crippen LogP contribution in [0.2, 0.25) is 0 Å². The van der Waals surface area contributed by atoms with Gasteiger partial charge in [-0.15, -0.1) is 0 Å². The maximum atomic E-state index is 4.23. The second kappa shape index (κ2) is 2.63. The number of fused-ring (bicyclic) bond motifs is 1. The molecule has 2 heteroatoms. The van der Waals surface area contributed by atoms with Crippen LogP contribution in [0.3, 0.4) is 0 Å². The molecule has 0 bridgehead atoms. The van der Waals surface area contributed by atoms with E-state index < -0.39 is 0 Å². The lowest BCUT2D eigenvalue weighted by atomic mass is 10.0. The summed E-state index contributed by atoms with van der Waals surface area (Å²) in [6.45, 7) is 4.38. The minimum absolute atomic E-state index is 0. The largest absolute Gasteiger partial charge is 0.346 e. The molecular weight excluding hydrogens is 148 g/mol. The van der Waals surface area contributed by atoms with Crippen LogP contribution in [0.5, 0.6) is 0 Å². The lowest BCUT2D eigenvalue weighted by Gasteiger charge is -2.00. The van der Waals surface area contributed by atoms with E-state index in [0.717, 1.165) is 5.65 Å². The fourth-order valence-corrected chi connectivity index (χ4v) is 1.45. The molecule has 2 aromatic heterocycles. The third-order valence-corrected chi connectivity index (χ3v) is 2.11. The number of aromatic amines is 1. The van der Waals surface area contributed by atoms with Gasteiger partial charge < -0.3 is 4.98 Å². The van der Waals surface area contributed by atoms with Gasteiger partial charge >= 0.3 is 0 Å². The number of rotatable bonds is 1. The van der Waals surface area contributed by atoms with Gasteiger partial charge in [0.25, 0.3) is 0 Å². The zero-order valence-electron chi connectivity index (χ0n) is 7.33. The smallest absolute Gasteiger partial charge is 0.137 e. The summed E-state index contributed by atoms with van der Waals surface area (Å²) in [6, 6.07) is 4.08. The zero-order valence-corrected chi connectivity index (χ0v) is 7.33. The number of H-pyrrole nitrogens is 1. The molecule has 2 nitrogen and oxygen atoms in total. The van der Waals surface area contributed by atoms with Crippen LogP contribution in [0.15, 0.2) is 24.5 Å². The standard InChI is InChI=1S/C10H12N2.H2/c1-7(2)9-6-12-10-8(9)4-3-5-11-10;/h3-7H,1-2H3,(H,11,12);1H. The zero-order chi connectivity index (χ0) is 8.55. The molecule has 64 valence electrons. The number of nitrogens with one attached hydrogen (secondary N) is 1. The first-order chi connectivity index (χ1) is 5.79. The van der Waals surface area contributed by atoms with Crippen molar-refractivity contribution in [2.45, 2.75) is 19.8 Å². The Bertz CT molecular complexity index is 392. The second-order valence-electron chi connectivity index (χ2n) is 3.30. The molecule has 12 heavy (non-hydrogen) atoms. The Labute approximate surface area is 73.1 Å². The molecular formula is C10H14N2. The predicted octanol–water partition coefficient (Wildman–Crippen LogP) is 2.93. The third-order valence-electron chi connectivity index (χ3n) is 2.11. The SMILES string of the molecule is CC(C)c1c[nH]c2ncccc12.[HH]. The van der Waals surface area contributed by atoms with E-state index in [1.54, 1.807) is 0 Å². The van der Waals surface area contributed by atoms with Gasteiger partial charge in [0.1, 0.15) is 5.65 Å². The van der Waals surface area contributed by atoms with Gasteiger partial charge in [-0.1, -0.05) is 13.8 Å². The highest BCUT2D eigenvalue weighted by molar-refractivity contribution is 5.79. The molecule has 0 radical (unpaired) electrons. The third kappa shape index (κ3) is 0.998. The van der Waals surface area contributed by atoms with Crippen molar-refractivity contribution in [1.29, 1.82) is 0 Å². The lowest BCUT2D eigenvalue weighted by molar-refractivity contribution is 0.875. The summed E-state index contributed by atoms with van der Waals surface area (Å²) in [6.07, 6.45) is 3.85. The Kier molecular flexibility index (Phi) is 1.61. The van der Waals surface area contributed by atoms with Gasteiger partial charge in [0.05, 0.1) is 0 Å². The molecule has 0 aliphatic heterocycles. The molecule has 0 saturated carbocycles. The minimum atomic E-state index is 0. The number of aromatic nitrogens is 2. The summed E-state index contributed by atoms with van der Waals surface area (Å²) < 4.78 is 0. The van der Waals surface area contributed by atoms with Crippen molar-refractivity contribution < 1.29 is 1.43 Å². The Hall–Kier alpha value is -1.31. The first kappa shape index (κ1) is 7.35. The lowest BCUT2D eigenvalue weighted by Crippen LogP contribution is -1.83. The van der Waals surface area contributed by atoms with Gasteiger partial charge in [-0.25, -0.2) is 4.98 Å². The molecule has 0 aliphatic rings. The summed E-state index contributed by atoms with van der Waals surface area (Å²) in [5.41, 5.74) is 2.33. The Morgan fingerprint density at radius 1 is 1.50 bits per heavy atom. The number of hydrogen-bond acceptors (Lipinski definition) is 1. The number of pyridine rings is 1. The quantitative estimate of drug-likeness (QED) is 0.686. The van der Waals surface area contributed by atoms with Crippen LogP contribution < -0.4 is 0 Å². The van der Waals surface area contributed by atoms with Crippen LogP contribution >= 0.6 is 0 Å². The molecule has 1 N–H and O–H groups in total. The van der Waals surface area contributed by atoms with Crippen molar-refractivity contribution in [3.63, 3.8) is 0 Å². The predicted molar refractivity (Wildman–Crippen MR) is 52.3 cm³/mol. The van der Waals surface area contributed by atoms with Crippen molar-refractivity contribution in [2.24, 2.45) is 0 Å². The van der Waals surface area contributed by atoms with Gasteiger partial charge in [-0.05, 0) is 23.6 Å². The van der Waals surface area contributed by atoms with Crippen molar-refractivity contribution in [1.82, 2.24) is 9.97 Å². The van der Waals surface area contributed by atoms with Crippen LogP contribution in [0.4, 0.5) is 0 Å². The highest BCUT2D eigenvalue weighted by atomic mass is 14.8. The molecule has 0 spiro atoms. The van der Waals surface area contributed by atoms with E-state index in [1.165, 1.54) is 10.9 Å². The van der Waals surface area contributed by atoms with E-state index in [2.05, 4.69) is 29.9 Å². The van der Waals surface area contributed by atoms with Gasteiger partial charge in [0, 0.05) is 19.2 Å².